The normalized spacial score (nSPS) is 35.0. The van der Waals surface area contributed by atoms with Gasteiger partial charge in [0, 0.05) is 17.4 Å². The van der Waals surface area contributed by atoms with Gasteiger partial charge in [-0.05, 0) is 79.6 Å². The summed E-state index contributed by atoms with van der Waals surface area (Å²) >= 11 is 0. The Morgan fingerprint density at radius 1 is 1.22 bits per heavy atom. The Balaban J connectivity index is 2.27. The Morgan fingerprint density at radius 2 is 1.84 bits per heavy atom. The second kappa shape index (κ2) is 8.16. The molecule has 0 bridgehead atoms. The summed E-state index contributed by atoms with van der Waals surface area (Å²) in [7, 11) is 0. The lowest BCUT2D eigenvalue weighted by molar-refractivity contribution is -0.131. The predicted octanol–water partition coefficient (Wildman–Crippen LogP) is 5.59. The Labute approximate surface area is 192 Å². The minimum Gasteiger partial charge on any atom is -0.507 e. The third-order valence-electron chi connectivity index (χ3n) is 8.18. The van der Waals surface area contributed by atoms with Crippen molar-refractivity contribution in [3.8, 4) is 0 Å². The van der Waals surface area contributed by atoms with Gasteiger partial charge in [-0.25, -0.2) is 0 Å². The van der Waals surface area contributed by atoms with Crippen LogP contribution in [0.25, 0.3) is 0 Å². The van der Waals surface area contributed by atoms with Crippen LogP contribution in [0.3, 0.4) is 0 Å². The van der Waals surface area contributed by atoms with Gasteiger partial charge >= 0.3 is 0 Å². The molecule has 1 aliphatic heterocycles. The molecule has 1 unspecified atom stereocenters. The molecule has 3 aliphatic rings. The van der Waals surface area contributed by atoms with Crippen molar-refractivity contribution in [2.75, 3.05) is 0 Å². The van der Waals surface area contributed by atoms with Crippen LogP contribution in [0.4, 0.5) is 0 Å². The Hall–Kier alpha value is -1.88. The third kappa shape index (κ3) is 3.87. The van der Waals surface area contributed by atoms with E-state index in [4.69, 9.17) is 4.74 Å². The van der Waals surface area contributed by atoms with Crippen molar-refractivity contribution >= 4 is 11.6 Å². The van der Waals surface area contributed by atoms with Gasteiger partial charge in [-0.2, -0.15) is 0 Å². The number of carbonyl (C=O) groups is 2. The van der Waals surface area contributed by atoms with Crippen LogP contribution in [-0.4, -0.2) is 33.0 Å². The van der Waals surface area contributed by atoms with Gasteiger partial charge in [-0.15, -0.1) is 0 Å². The van der Waals surface area contributed by atoms with Crippen LogP contribution in [-0.2, 0) is 14.3 Å². The number of ether oxygens (including phenoxy) is 1. The lowest BCUT2D eigenvalue weighted by Crippen LogP contribution is -2.43. The fourth-order valence-corrected chi connectivity index (χ4v) is 5.72. The number of hydrogen-bond donors (Lipinski definition) is 2. The quantitative estimate of drug-likeness (QED) is 0.427. The zero-order valence-electron chi connectivity index (χ0n) is 21.0. The number of aliphatic hydroxyl groups excluding tert-OH is 1. The molecule has 5 heteroatoms. The maximum absolute atomic E-state index is 13.9. The molecule has 1 fully saturated rings. The topological polar surface area (TPSA) is 83.8 Å². The maximum Gasteiger partial charge on any atom is 0.183 e. The molecule has 0 aromatic heterocycles. The van der Waals surface area contributed by atoms with Gasteiger partial charge in [-0.3, -0.25) is 9.59 Å². The molecule has 5 nitrogen and oxygen atoms in total. The van der Waals surface area contributed by atoms with Gasteiger partial charge in [0.05, 0.1) is 11.0 Å². The molecule has 178 valence electrons. The first-order chi connectivity index (χ1) is 14.7. The first kappa shape index (κ1) is 24.8. The molecule has 2 aliphatic carbocycles. The number of hydrogen-bond acceptors (Lipinski definition) is 5. The molecule has 0 saturated heterocycles. The molecule has 1 heterocycles. The van der Waals surface area contributed by atoms with E-state index in [1.807, 2.05) is 54.5 Å². The fourth-order valence-electron chi connectivity index (χ4n) is 5.72. The van der Waals surface area contributed by atoms with Crippen molar-refractivity contribution in [2.45, 2.75) is 98.7 Å². The van der Waals surface area contributed by atoms with Gasteiger partial charge in [0.25, 0.3) is 0 Å². The highest BCUT2D eigenvalue weighted by molar-refractivity contribution is 6.24. The van der Waals surface area contributed by atoms with Crippen molar-refractivity contribution in [1.29, 1.82) is 0 Å². The van der Waals surface area contributed by atoms with E-state index in [9.17, 15) is 19.8 Å². The molecule has 2 N–H and O–H groups in total. The van der Waals surface area contributed by atoms with Crippen molar-refractivity contribution in [2.24, 2.45) is 23.2 Å². The molecule has 1 saturated carbocycles. The van der Waals surface area contributed by atoms with E-state index >= 15 is 0 Å². The molecule has 32 heavy (non-hydrogen) atoms. The van der Waals surface area contributed by atoms with E-state index in [0.29, 0.717) is 37.0 Å². The van der Waals surface area contributed by atoms with Gasteiger partial charge in [0.2, 0.25) is 0 Å². The third-order valence-corrected chi connectivity index (χ3v) is 8.18. The minimum atomic E-state index is -1.08. The van der Waals surface area contributed by atoms with Gasteiger partial charge in [0.1, 0.15) is 22.7 Å². The number of fused-ring (bicyclic) bond motifs is 1. The highest BCUT2D eigenvalue weighted by Crippen LogP contribution is 2.57. The summed E-state index contributed by atoms with van der Waals surface area (Å²) < 4.78 is 6.63. The van der Waals surface area contributed by atoms with E-state index in [-0.39, 0.29) is 40.7 Å². The second-order valence-corrected chi connectivity index (χ2v) is 11.4. The zero-order valence-corrected chi connectivity index (χ0v) is 21.0. The van der Waals surface area contributed by atoms with Crippen LogP contribution in [0.15, 0.2) is 34.3 Å². The summed E-state index contributed by atoms with van der Waals surface area (Å²) in [6.07, 6.45) is 4.83. The van der Waals surface area contributed by atoms with E-state index in [1.54, 1.807) is 6.92 Å². The Bertz CT molecular complexity index is 912. The van der Waals surface area contributed by atoms with Crippen molar-refractivity contribution in [1.82, 2.24) is 0 Å². The van der Waals surface area contributed by atoms with Crippen molar-refractivity contribution in [3.63, 3.8) is 0 Å². The minimum absolute atomic E-state index is 0.0763. The fraction of sp³-hybridized carbons (Fsp3) is 0.704. The Kier molecular flexibility index (Phi) is 6.31. The molecular formula is C27H40O5. The molecule has 0 amide bonds. The molecule has 0 radical (unpaired) electrons. The van der Waals surface area contributed by atoms with E-state index in [0.717, 1.165) is 12.0 Å². The van der Waals surface area contributed by atoms with Gasteiger partial charge < -0.3 is 14.9 Å². The van der Waals surface area contributed by atoms with E-state index in [1.165, 1.54) is 0 Å². The van der Waals surface area contributed by atoms with Crippen LogP contribution in [0.5, 0.6) is 0 Å². The summed E-state index contributed by atoms with van der Waals surface area (Å²) in [4.78, 5) is 27.1. The zero-order chi connectivity index (χ0) is 24.2. The lowest BCUT2D eigenvalue weighted by Gasteiger charge is -2.41. The highest BCUT2D eigenvalue weighted by Gasteiger charge is 2.58. The number of allylic oxidation sites excluding steroid dienone is 5. The van der Waals surface area contributed by atoms with Crippen LogP contribution < -0.4 is 0 Å². The van der Waals surface area contributed by atoms with Crippen LogP contribution in [0.1, 0.15) is 87.5 Å². The van der Waals surface area contributed by atoms with Gasteiger partial charge in [-0.1, -0.05) is 25.5 Å². The number of aliphatic hydroxyl groups is 2. The summed E-state index contributed by atoms with van der Waals surface area (Å²) in [5.74, 6) is -0.885. The smallest absolute Gasteiger partial charge is 0.183 e. The number of Topliss-reactive ketones (excluding diaryl/α,β-unsaturated/α-hetero) is 2. The SMILES string of the molecule is CCC(C)C(=O)C1=C(O)C2=C(OC(C)(C)[C@@H]3CC[C@@](C)(O)[C@@H]3C2)[C@](C)(CC=C(C)C)C1=O. The predicted molar refractivity (Wildman–Crippen MR) is 125 cm³/mol. The summed E-state index contributed by atoms with van der Waals surface area (Å²) in [5.41, 5.74) is -1.11. The second-order valence-electron chi connectivity index (χ2n) is 11.4. The highest BCUT2D eigenvalue weighted by atomic mass is 16.5. The number of ketones is 2. The Morgan fingerprint density at radius 3 is 2.41 bits per heavy atom. The van der Waals surface area contributed by atoms with E-state index < -0.39 is 16.6 Å². The summed E-state index contributed by atoms with van der Waals surface area (Å²) in [6, 6.07) is 0. The molecule has 0 spiro atoms. The standard InChI is InChI=1S/C27H40O5/c1-9-16(4)21(28)20-22(29)17-14-19-18(11-13-27(19,8)31)25(5,6)32-24(17)26(7,23(20)30)12-10-15(2)3/h10,16,18-19,29,31H,9,11-14H2,1-8H3/t16?,18-,19-,26-,27-/m1/s1. The molecule has 0 aromatic carbocycles. The monoisotopic (exact) mass is 444 g/mol. The van der Waals surface area contributed by atoms with Crippen molar-refractivity contribution in [3.05, 3.63) is 34.3 Å². The van der Waals surface area contributed by atoms with Crippen LogP contribution in [0, 0.1) is 23.2 Å². The van der Waals surface area contributed by atoms with E-state index in [2.05, 4.69) is 0 Å². The average molecular weight is 445 g/mol. The largest absolute Gasteiger partial charge is 0.507 e. The van der Waals surface area contributed by atoms with Crippen molar-refractivity contribution < 1.29 is 24.5 Å². The summed E-state index contributed by atoms with van der Waals surface area (Å²) in [6.45, 7) is 15.3. The molecule has 0 aromatic rings. The first-order valence-electron chi connectivity index (χ1n) is 12.0. The number of carbonyl (C=O) groups excluding carboxylic acids is 2. The van der Waals surface area contributed by atoms with Gasteiger partial charge in [0.15, 0.2) is 11.6 Å². The van der Waals surface area contributed by atoms with Crippen LogP contribution in [0.2, 0.25) is 0 Å². The summed E-state index contributed by atoms with van der Waals surface area (Å²) in [5, 5.41) is 22.5. The first-order valence-corrected chi connectivity index (χ1v) is 12.0. The average Bonchev–Trinajstić information content (AvgIpc) is 2.94. The maximum atomic E-state index is 13.9. The van der Waals surface area contributed by atoms with Crippen LogP contribution >= 0.6 is 0 Å². The molecule has 3 rings (SSSR count). The lowest BCUT2D eigenvalue weighted by atomic mass is 9.68. The molecule has 5 atom stereocenters. The molecular weight excluding hydrogens is 404 g/mol. The number of rotatable bonds is 5.